The number of halogens is 1. The molecule has 0 saturated carbocycles. The Morgan fingerprint density at radius 1 is 0.943 bits per heavy atom. The molecule has 0 radical (unpaired) electrons. The van der Waals surface area contributed by atoms with E-state index in [2.05, 4.69) is 5.32 Å². The summed E-state index contributed by atoms with van der Waals surface area (Å²) >= 11 is 1.57. The van der Waals surface area contributed by atoms with E-state index in [4.69, 9.17) is 0 Å². The van der Waals surface area contributed by atoms with Gasteiger partial charge >= 0.3 is 6.03 Å². The van der Waals surface area contributed by atoms with Crippen LogP contribution in [0.25, 0.3) is 0 Å². The molecule has 35 heavy (non-hydrogen) atoms. The Kier molecular flexibility index (Phi) is 6.06. The van der Waals surface area contributed by atoms with Gasteiger partial charge in [-0.2, -0.15) is 0 Å². The third-order valence-electron chi connectivity index (χ3n) is 6.39. The molecule has 2 heterocycles. The van der Waals surface area contributed by atoms with Crippen LogP contribution >= 0.6 is 11.8 Å². The number of imide groups is 1. The Hall–Kier alpha value is -3.65. The number of nitrogens with one attached hydrogen (secondary N) is 1. The van der Waals surface area contributed by atoms with Crippen LogP contribution < -0.4 is 10.2 Å². The van der Waals surface area contributed by atoms with E-state index in [0.29, 0.717) is 29.8 Å². The van der Waals surface area contributed by atoms with Gasteiger partial charge in [0.1, 0.15) is 17.9 Å². The molecule has 0 aliphatic carbocycles. The fraction of sp³-hybridized carbons (Fsp3) is 0.222. The van der Waals surface area contributed by atoms with Crippen LogP contribution in [-0.2, 0) is 15.1 Å². The molecule has 0 spiro atoms. The normalized spacial score (nSPS) is 18.8. The van der Waals surface area contributed by atoms with Crippen LogP contribution in [0.15, 0.2) is 82.6 Å². The van der Waals surface area contributed by atoms with E-state index < -0.39 is 29.8 Å². The summed E-state index contributed by atoms with van der Waals surface area (Å²) in [6, 6.07) is 20.1. The number of benzene rings is 3. The van der Waals surface area contributed by atoms with Gasteiger partial charge in [-0.25, -0.2) is 9.18 Å². The maximum atomic E-state index is 13.7. The summed E-state index contributed by atoms with van der Waals surface area (Å²) in [5, 5.41) is 2.82. The van der Waals surface area contributed by atoms with Crippen LogP contribution in [0.5, 0.6) is 0 Å². The van der Waals surface area contributed by atoms with Gasteiger partial charge in [0.2, 0.25) is 0 Å². The number of hydrogen-bond acceptors (Lipinski definition) is 4. The number of amides is 4. The minimum Gasteiger partial charge on any atom is -0.319 e. The summed E-state index contributed by atoms with van der Waals surface area (Å²) in [5.74, 6) is -1.31. The molecule has 3 aromatic rings. The lowest BCUT2D eigenvalue weighted by Crippen LogP contribution is -2.45. The lowest BCUT2D eigenvalue weighted by atomic mass is 9.85. The van der Waals surface area contributed by atoms with Crippen molar-refractivity contribution in [2.45, 2.75) is 41.5 Å². The van der Waals surface area contributed by atoms with Gasteiger partial charge in [0.15, 0.2) is 0 Å². The van der Waals surface area contributed by atoms with Gasteiger partial charge < -0.3 is 5.32 Å². The largest absolute Gasteiger partial charge is 0.325 e. The number of para-hydroxylation sites is 2. The van der Waals surface area contributed by atoms with Gasteiger partial charge in [-0.1, -0.05) is 67.9 Å². The summed E-state index contributed by atoms with van der Waals surface area (Å²) in [5.41, 5.74) is 0.605. The number of nitrogens with zero attached hydrogens (tertiary/aromatic N) is 2. The highest BCUT2D eigenvalue weighted by Gasteiger charge is 2.52. The smallest absolute Gasteiger partial charge is 0.319 e. The van der Waals surface area contributed by atoms with Gasteiger partial charge in [-0.15, -0.1) is 0 Å². The van der Waals surface area contributed by atoms with Crippen molar-refractivity contribution < 1.29 is 18.8 Å². The Bertz CT molecular complexity index is 1270. The summed E-state index contributed by atoms with van der Waals surface area (Å²) < 4.78 is 13.6. The summed E-state index contributed by atoms with van der Waals surface area (Å²) in [6.45, 7) is 1.58. The van der Waals surface area contributed by atoms with Crippen molar-refractivity contribution in [2.24, 2.45) is 0 Å². The quantitative estimate of drug-likeness (QED) is 0.458. The van der Waals surface area contributed by atoms with E-state index in [1.165, 1.54) is 24.3 Å². The predicted molar refractivity (Wildman–Crippen MR) is 132 cm³/mol. The fourth-order valence-electron chi connectivity index (χ4n) is 4.63. The van der Waals surface area contributed by atoms with Crippen molar-refractivity contribution in [1.82, 2.24) is 10.2 Å². The van der Waals surface area contributed by atoms with Gasteiger partial charge in [0, 0.05) is 9.79 Å². The summed E-state index contributed by atoms with van der Waals surface area (Å²) in [7, 11) is 0. The highest BCUT2D eigenvalue weighted by Crippen LogP contribution is 2.48. The Morgan fingerprint density at radius 3 is 2.14 bits per heavy atom. The summed E-state index contributed by atoms with van der Waals surface area (Å²) in [6.07, 6.45) is 1.84. The van der Waals surface area contributed by atoms with Gasteiger partial charge in [-0.05, 0) is 48.4 Å². The molecule has 0 bridgehead atoms. The second-order valence-electron chi connectivity index (χ2n) is 8.60. The number of rotatable bonds is 6. The number of fused-ring (bicyclic) bond motifs is 2. The lowest BCUT2D eigenvalue weighted by molar-refractivity contribution is -0.134. The zero-order valence-corrected chi connectivity index (χ0v) is 20.0. The molecule has 6 nitrogen and oxygen atoms in total. The maximum absolute atomic E-state index is 13.7. The number of anilines is 2. The molecule has 0 aromatic heterocycles. The highest BCUT2D eigenvalue weighted by atomic mass is 32.2. The van der Waals surface area contributed by atoms with Crippen LogP contribution in [-0.4, -0.2) is 29.3 Å². The minimum absolute atomic E-state index is 0.358. The molecule has 8 heteroatoms. The molecule has 1 N–H and O–H groups in total. The zero-order valence-electron chi connectivity index (χ0n) is 19.2. The number of hydrogen-bond donors (Lipinski definition) is 1. The van der Waals surface area contributed by atoms with Crippen LogP contribution in [0, 0.1) is 5.82 Å². The second kappa shape index (κ2) is 9.19. The van der Waals surface area contributed by atoms with Crippen LogP contribution in [0.4, 0.5) is 20.6 Å². The maximum Gasteiger partial charge on any atom is 0.325 e. The predicted octanol–water partition coefficient (Wildman–Crippen LogP) is 5.59. The SMILES string of the molecule is CCCCC1(c2ccc(F)cc2)NC(=O)N(CC(=O)N2c3ccccc3Sc3ccccc32)C1=O. The average molecular weight is 490 g/mol. The molecule has 3 aromatic carbocycles. The monoisotopic (exact) mass is 489 g/mol. The van der Waals surface area contributed by atoms with E-state index in [0.717, 1.165) is 21.1 Å². The average Bonchev–Trinajstić information content (AvgIpc) is 3.11. The number of unbranched alkanes of at least 4 members (excludes halogenated alkanes) is 1. The molecule has 4 amide bonds. The number of carbonyl (C=O) groups is 3. The molecule has 2 aliphatic heterocycles. The van der Waals surface area contributed by atoms with Gasteiger partial charge in [-0.3, -0.25) is 19.4 Å². The van der Waals surface area contributed by atoms with E-state index in [9.17, 15) is 18.8 Å². The van der Waals surface area contributed by atoms with Crippen LogP contribution in [0.1, 0.15) is 31.7 Å². The molecule has 1 saturated heterocycles. The highest BCUT2D eigenvalue weighted by molar-refractivity contribution is 7.99. The molecule has 178 valence electrons. The Morgan fingerprint density at radius 2 is 1.54 bits per heavy atom. The molecule has 1 fully saturated rings. The van der Waals surface area contributed by atoms with Crippen molar-refractivity contribution in [2.75, 3.05) is 11.4 Å². The fourth-order valence-corrected chi connectivity index (χ4v) is 5.69. The molecule has 5 rings (SSSR count). The van der Waals surface area contributed by atoms with Gasteiger partial charge in [0.25, 0.3) is 11.8 Å². The Balaban J connectivity index is 1.48. The first-order chi connectivity index (χ1) is 16.9. The van der Waals surface area contributed by atoms with E-state index in [-0.39, 0.29) is 5.91 Å². The zero-order chi connectivity index (χ0) is 24.6. The number of urea groups is 1. The van der Waals surface area contributed by atoms with Crippen LogP contribution in [0.2, 0.25) is 0 Å². The van der Waals surface area contributed by atoms with Crippen molar-refractivity contribution >= 4 is 41.0 Å². The van der Waals surface area contributed by atoms with Crippen LogP contribution in [0.3, 0.4) is 0 Å². The van der Waals surface area contributed by atoms with Crippen molar-refractivity contribution in [3.8, 4) is 0 Å². The van der Waals surface area contributed by atoms with Crippen molar-refractivity contribution in [3.05, 3.63) is 84.2 Å². The first kappa shape index (κ1) is 23.1. The molecule has 2 aliphatic rings. The first-order valence-corrected chi connectivity index (χ1v) is 12.4. The lowest BCUT2D eigenvalue weighted by Gasteiger charge is -2.32. The summed E-state index contributed by atoms with van der Waals surface area (Å²) in [4.78, 5) is 44.8. The van der Waals surface area contributed by atoms with E-state index in [1.807, 2.05) is 55.5 Å². The van der Waals surface area contributed by atoms with Crippen molar-refractivity contribution in [3.63, 3.8) is 0 Å². The first-order valence-electron chi connectivity index (χ1n) is 11.5. The minimum atomic E-state index is -1.32. The number of carbonyl (C=O) groups excluding carboxylic acids is 3. The van der Waals surface area contributed by atoms with E-state index >= 15 is 0 Å². The molecular formula is C27H24FN3O3S. The third kappa shape index (κ3) is 3.97. The van der Waals surface area contributed by atoms with E-state index in [1.54, 1.807) is 16.7 Å². The third-order valence-corrected chi connectivity index (χ3v) is 7.52. The van der Waals surface area contributed by atoms with Gasteiger partial charge in [0.05, 0.1) is 11.4 Å². The Labute approximate surface area is 207 Å². The van der Waals surface area contributed by atoms with Crippen molar-refractivity contribution in [1.29, 1.82) is 0 Å². The topological polar surface area (TPSA) is 69.7 Å². The molecule has 1 unspecified atom stereocenters. The second-order valence-corrected chi connectivity index (χ2v) is 9.69. The molecule has 1 atom stereocenters. The molecular weight excluding hydrogens is 465 g/mol. The standard InChI is InChI=1S/C27H24FN3O3S/c1-2-3-16-27(18-12-14-19(28)15-13-18)25(33)30(26(34)29-27)17-24(32)31-20-8-4-6-10-22(20)35-23-11-7-5-9-21(23)31/h4-15H,2-3,16-17H2,1H3,(H,29,34).